The number of hydrogen-bond acceptors (Lipinski definition) is 4. The van der Waals surface area contributed by atoms with Crippen molar-refractivity contribution in [1.82, 2.24) is 19.6 Å². The van der Waals surface area contributed by atoms with Gasteiger partial charge in [0.2, 0.25) is 5.89 Å². The lowest BCUT2D eigenvalue weighted by Gasteiger charge is -2.22. The molecule has 0 N–H and O–H groups in total. The smallest absolute Gasteiger partial charge is 0.254 e. The Morgan fingerprint density at radius 3 is 2.87 bits per heavy atom. The Morgan fingerprint density at radius 1 is 1.22 bits per heavy atom. The Labute approximate surface area is 133 Å². The molecule has 0 saturated carbocycles. The van der Waals surface area contributed by atoms with Gasteiger partial charge in [0.1, 0.15) is 6.04 Å². The molecular formula is C17H16N4O2. The highest BCUT2D eigenvalue weighted by Crippen LogP contribution is 2.32. The predicted octanol–water partition coefficient (Wildman–Crippen LogP) is 2.84. The largest absolute Gasteiger partial charge is 0.337 e. The number of carbonyl (C=O) groups excluding carboxylic acids is 1. The van der Waals surface area contributed by atoms with Crippen molar-refractivity contribution in [3.63, 3.8) is 0 Å². The topological polar surface area (TPSA) is 64.2 Å². The molecule has 0 spiro atoms. The third-order valence-electron chi connectivity index (χ3n) is 4.17. The van der Waals surface area contributed by atoms with E-state index in [1.165, 1.54) is 6.33 Å². The number of hydrogen-bond donors (Lipinski definition) is 0. The average molecular weight is 308 g/mol. The van der Waals surface area contributed by atoms with Crippen molar-refractivity contribution in [3.05, 3.63) is 66.6 Å². The summed E-state index contributed by atoms with van der Waals surface area (Å²) in [5.41, 5.74) is 1.64. The molecule has 6 nitrogen and oxygen atoms in total. The van der Waals surface area contributed by atoms with Gasteiger partial charge in [0.05, 0.1) is 0 Å². The number of carbonyl (C=O) groups is 1. The number of benzene rings is 1. The van der Waals surface area contributed by atoms with Crippen LogP contribution in [0.2, 0.25) is 0 Å². The summed E-state index contributed by atoms with van der Waals surface area (Å²) in [6.07, 6.45) is 7.09. The van der Waals surface area contributed by atoms with Crippen LogP contribution < -0.4 is 0 Å². The summed E-state index contributed by atoms with van der Waals surface area (Å²) >= 11 is 0. The van der Waals surface area contributed by atoms with Crippen LogP contribution in [0, 0.1) is 0 Å². The maximum atomic E-state index is 12.9. The molecule has 1 aliphatic rings. The molecule has 4 rings (SSSR count). The van der Waals surface area contributed by atoms with Gasteiger partial charge in [-0.05, 0) is 43.2 Å². The number of nitrogens with zero attached hydrogens (tertiary/aromatic N) is 4. The third kappa shape index (κ3) is 2.52. The first-order valence-electron chi connectivity index (χ1n) is 7.64. The Hall–Kier alpha value is -2.89. The van der Waals surface area contributed by atoms with E-state index in [4.69, 9.17) is 4.52 Å². The summed E-state index contributed by atoms with van der Waals surface area (Å²) in [5.74, 6) is 0.511. The van der Waals surface area contributed by atoms with Gasteiger partial charge in [-0.15, -0.1) is 0 Å². The predicted molar refractivity (Wildman–Crippen MR) is 83.1 cm³/mol. The minimum atomic E-state index is -0.125. The lowest BCUT2D eigenvalue weighted by Crippen LogP contribution is -2.30. The first-order chi connectivity index (χ1) is 11.3. The Morgan fingerprint density at radius 2 is 2.09 bits per heavy atom. The van der Waals surface area contributed by atoms with Crippen molar-refractivity contribution in [2.24, 2.45) is 0 Å². The molecule has 0 bridgehead atoms. The SMILES string of the molecule is O=C(c1cccc(-n2cccc2)c1)N1CCCC1c1ncno1. The summed E-state index contributed by atoms with van der Waals surface area (Å²) in [5, 5.41) is 3.65. The monoisotopic (exact) mass is 308 g/mol. The van der Waals surface area contributed by atoms with Crippen LogP contribution in [0.25, 0.3) is 5.69 Å². The van der Waals surface area contributed by atoms with E-state index in [1.54, 1.807) is 0 Å². The zero-order valence-electron chi connectivity index (χ0n) is 12.5. The second-order valence-corrected chi connectivity index (χ2v) is 5.58. The third-order valence-corrected chi connectivity index (χ3v) is 4.17. The molecular weight excluding hydrogens is 292 g/mol. The molecule has 0 radical (unpaired) electrons. The number of amides is 1. The first-order valence-corrected chi connectivity index (χ1v) is 7.64. The molecule has 1 fully saturated rings. The molecule has 1 unspecified atom stereocenters. The van der Waals surface area contributed by atoms with E-state index in [2.05, 4.69) is 10.1 Å². The highest BCUT2D eigenvalue weighted by Gasteiger charge is 2.33. The van der Waals surface area contributed by atoms with Crippen LogP contribution in [0.15, 0.2) is 59.6 Å². The lowest BCUT2D eigenvalue weighted by atomic mass is 10.1. The number of aromatic nitrogens is 3. The minimum absolute atomic E-state index is 0.000272. The summed E-state index contributed by atoms with van der Waals surface area (Å²) in [4.78, 5) is 18.8. The van der Waals surface area contributed by atoms with Gasteiger partial charge < -0.3 is 14.0 Å². The van der Waals surface area contributed by atoms with Crippen molar-refractivity contribution in [1.29, 1.82) is 0 Å². The molecule has 3 aromatic rings. The molecule has 1 atom stereocenters. The first kappa shape index (κ1) is 13.8. The van der Waals surface area contributed by atoms with E-state index in [-0.39, 0.29) is 11.9 Å². The van der Waals surface area contributed by atoms with Crippen LogP contribution in [0.4, 0.5) is 0 Å². The number of rotatable bonds is 3. The van der Waals surface area contributed by atoms with E-state index in [0.717, 1.165) is 18.5 Å². The molecule has 1 aliphatic heterocycles. The summed E-state index contributed by atoms with van der Waals surface area (Å²) < 4.78 is 7.14. The van der Waals surface area contributed by atoms with E-state index >= 15 is 0 Å². The van der Waals surface area contributed by atoms with Crippen molar-refractivity contribution in [2.45, 2.75) is 18.9 Å². The van der Waals surface area contributed by atoms with Gasteiger partial charge in [-0.25, -0.2) is 0 Å². The Bertz CT molecular complexity index is 796. The molecule has 116 valence electrons. The van der Waals surface area contributed by atoms with Crippen LogP contribution in [-0.4, -0.2) is 32.1 Å². The second kappa shape index (κ2) is 5.72. The zero-order chi connectivity index (χ0) is 15.6. The molecule has 2 aromatic heterocycles. The standard InChI is InChI=1S/C17H16N4O2/c22-17(21-10-4-7-15(21)16-18-12-19-23-16)13-5-3-6-14(11-13)20-8-1-2-9-20/h1-3,5-6,8-9,11-12,15H,4,7,10H2. The summed E-state index contributed by atoms with van der Waals surface area (Å²) in [6, 6.07) is 11.4. The zero-order valence-corrected chi connectivity index (χ0v) is 12.5. The molecule has 0 aliphatic carbocycles. The van der Waals surface area contributed by atoms with Gasteiger partial charge in [0.25, 0.3) is 5.91 Å². The fraction of sp³-hybridized carbons (Fsp3) is 0.235. The fourth-order valence-electron chi connectivity index (χ4n) is 3.07. The average Bonchev–Trinajstić information content (AvgIpc) is 3.35. The summed E-state index contributed by atoms with van der Waals surface area (Å²) in [7, 11) is 0. The molecule has 1 saturated heterocycles. The fourth-order valence-corrected chi connectivity index (χ4v) is 3.07. The maximum Gasteiger partial charge on any atom is 0.254 e. The van der Waals surface area contributed by atoms with Crippen LogP contribution in [0.1, 0.15) is 35.1 Å². The highest BCUT2D eigenvalue weighted by atomic mass is 16.5. The minimum Gasteiger partial charge on any atom is -0.337 e. The molecule has 23 heavy (non-hydrogen) atoms. The van der Waals surface area contributed by atoms with Gasteiger partial charge in [-0.3, -0.25) is 4.79 Å². The maximum absolute atomic E-state index is 12.9. The van der Waals surface area contributed by atoms with E-state index in [1.807, 2.05) is 58.3 Å². The lowest BCUT2D eigenvalue weighted by molar-refractivity contribution is 0.0710. The quantitative estimate of drug-likeness (QED) is 0.746. The highest BCUT2D eigenvalue weighted by molar-refractivity contribution is 5.95. The van der Waals surface area contributed by atoms with E-state index < -0.39 is 0 Å². The Balaban J connectivity index is 1.63. The van der Waals surface area contributed by atoms with Gasteiger partial charge in [-0.2, -0.15) is 4.98 Å². The van der Waals surface area contributed by atoms with Crippen molar-refractivity contribution in [2.75, 3.05) is 6.54 Å². The summed E-state index contributed by atoms with van der Waals surface area (Å²) in [6.45, 7) is 0.708. The second-order valence-electron chi connectivity index (χ2n) is 5.58. The molecule has 1 aromatic carbocycles. The van der Waals surface area contributed by atoms with Gasteiger partial charge in [-0.1, -0.05) is 11.2 Å². The van der Waals surface area contributed by atoms with Crippen molar-refractivity contribution >= 4 is 5.91 Å². The number of likely N-dealkylation sites (tertiary alicyclic amines) is 1. The van der Waals surface area contributed by atoms with E-state index in [0.29, 0.717) is 18.0 Å². The van der Waals surface area contributed by atoms with Crippen LogP contribution in [0.3, 0.4) is 0 Å². The van der Waals surface area contributed by atoms with Gasteiger partial charge in [0, 0.05) is 30.2 Å². The molecule has 6 heteroatoms. The van der Waals surface area contributed by atoms with Gasteiger partial charge >= 0.3 is 0 Å². The van der Waals surface area contributed by atoms with Gasteiger partial charge in [0.15, 0.2) is 6.33 Å². The van der Waals surface area contributed by atoms with Crippen LogP contribution in [-0.2, 0) is 0 Å². The van der Waals surface area contributed by atoms with Crippen molar-refractivity contribution < 1.29 is 9.32 Å². The normalized spacial score (nSPS) is 17.6. The Kier molecular flexibility index (Phi) is 3.42. The van der Waals surface area contributed by atoms with Crippen LogP contribution in [0.5, 0.6) is 0 Å². The van der Waals surface area contributed by atoms with E-state index in [9.17, 15) is 4.79 Å². The van der Waals surface area contributed by atoms with Crippen molar-refractivity contribution in [3.8, 4) is 5.69 Å². The molecule has 1 amide bonds. The molecule has 3 heterocycles. The van der Waals surface area contributed by atoms with Crippen LogP contribution >= 0.6 is 0 Å².